The molecule has 1 aliphatic heterocycles. The first-order chi connectivity index (χ1) is 8.63. The van der Waals surface area contributed by atoms with Crippen molar-refractivity contribution >= 4 is 5.69 Å². The van der Waals surface area contributed by atoms with E-state index < -0.39 is 0 Å². The average molecular weight is 251 g/mol. The van der Waals surface area contributed by atoms with Gasteiger partial charge in [0.1, 0.15) is 5.82 Å². The first kappa shape index (κ1) is 13.3. The molecule has 1 aromatic carbocycles. The van der Waals surface area contributed by atoms with Crippen LogP contribution >= 0.6 is 0 Å². The van der Waals surface area contributed by atoms with Gasteiger partial charge in [-0.2, -0.15) is 0 Å². The maximum atomic E-state index is 13.2. The van der Waals surface area contributed by atoms with Gasteiger partial charge in [-0.3, -0.25) is 4.90 Å². The van der Waals surface area contributed by atoms with Crippen molar-refractivity contribution in [1.29, 1.82) is 0 Å². The molecule has 1 aliphatic rings. The average Bonchev–Trinajstić information content (AvgIpc) is 2.30. The van der Waals surface area contributed by atoms with Crippen molar-refractivity contribution in [1.82, 2.24) is 9.80 Å². The molecule has 100 valence electrons. The molecule has 0 spiro atoms. The summed E-state index contributed by atoms with van der Waals surface area (Å²) in [5, 5.41) is 3.29. The Balaban J connectivity index is 1.74. The summed E-state index contributed by atoms with van der Waals surface area (Å²) >= 11 is 0. The van der Waals surface area contributed by atoms with Crippen molar-refractivity contribution in [2.24, 2.45) is 0 Å². The first-order valence-electron chi connectivity index (χ1n) is 6.55. The summed E-state index contributed by atoms with van der Waals surface area (Å²) in [7, 11) is 2.16. The lowest BCUT2D eigenvalue weighted by molar-refractivity contribution is 0.158. The van der Waals surface area contributed by atoms with Crippen molar-refractivity contribution in [2.75, 3.05) is 51.6 Å². The number of likely N-dealkylation sites (N-methyl/N-ethyl adjacent to an activating group) is 1. The Labute approximate surface area is 109 Å². The summed E-state index contributed by atoms with van der Waals surface area (Å²) in [5.74, 6) is -0.169. The predicted octanol–water partition coefficient (Wildman–Crippen LogP) is 1.79. The number of nitrogens with one attached hydrogen (secondary N) is 1. The number of hydrogen-bond donors (Lipinski definition) is 1. The summed E-state index contributed by atoms with van der Waals surface area (Å²) in [6.07, 6.45) is 0. The summed E-state index contributed by atoms with van der Waals surface area (Å²) in [4.78, 5) is 4.79. The highest BCUT2D eigenvalue weighted by atomic mass is 19.1. The van der Waals surface area contributed by atoms with Gasteiger partial charge in [0.25, 0.3) is 0 Å². The van der Waals surface area contributed by atoms with Gasteiger partial charge in [-0.25, -0.2) is 4.39 Å². The lowest BCUT2D eigenvalue weighted by Gasteiger charge is -2.32. The van der Waals surface area contributed by atoms with Crippen molar-refractivity contribution in [3.63, 3.8) is 0 Å². The van der Waals surface area contributed by atoms with Crippen LogP contribution in [-0.2, 0) is 0 Å². The van der Waals surface area contributed by atoms with E-state index in [1.807, 2.05) is 13.0 Å². The molecule has 0 aliphatic carbocycles. The van der Waals surface area contributed by atoms with Gasteiger partial charge in [0, 0.05) is 45.0 Å². The van der Waals surface area contributed by atoms with Gasteiger partial charge in [-0.1, -0.05) is 0 Å². The lowest BCUT2D eigenvalue weighted by atomic mass is 10.2. The molecule has 0 amide bonds. The Morgan fingerprint density at radius 2 is 1.89 bits per heavy atom. The Bertz CT molecular complexity index is 366. The number of anilines is 1. The quantitative estimate of drug-likeness (QED) is 0.880. The number of benzene rings is 1. The third-order valence-electron chi connectivity index (χ3n) is 3.40. The Kier molecular flexibility index (Phi) is 4.55. The number of halogens is 1. The van der Waals surface area contributed by atoms with Crippen LogP contribution < -0.4 is 5.32 Å². The number of nitrogens with zero attached hydrogens (tertiary/aromatic N) is 2. The van der Waals surface area contributed by atoms with Crippen LogP contribution in [0, 0.1) is 12.7 Å². The second kappa shape index (κ2) is 6.16. The SMILES string of the molecule is Cc1cc(F)cc(NCCN2CCN(C)CC2)c1. The molecule has 4 heteroatoms. The van der Waals surface area contributed by atoms with Crippen molar-refractivity contribution in [2.45, 2.75) is 6.92 Å². The van der Waals surface area contributed by atoms with Crippen LogP contribution in [-0.4, -0.2) is 56.1 Å². The zero-order chi connectivity index (χ0) is 13.0. The van der Waals surface area contributed by atoms with E-state index >= 15 is 0 Å². The summed E-state index contributed by atoms with van der Waals surface area (Å²) < 4.78 is 13.2. The predicted molar refractivity (Wildman–Crippen MR) is 73.6 cm³/mol. The van der Waals surface area contributed by atoms with E-state index in [4.69, 9.17) is 0 Å². The first-order valence-corrected chi connectivity index (χ1v) is 6.55. The van der Waals surface area contributed by atoms with Gasteiger partial charge in [0.15, 0.2) is 0 Å². The summed E-state index contributed by atoms with van der Waals surface area (Å²) in [6.45, 7) is 8.32. The second-order valence-electron chi connectivity index (χ2n) is 5.09. The monoisotopic (exact) mass is 251 g/mol. The molecule has 0 saturated carbocycles. The fourth-order valence-electron chi connectivity index (χ4n) is 2.27. The molecular weight excluding hydrogens is 229 g/mol. The zero-order valence-electron chi connectivity index (χ0n) is 11.2. The van der Waals surface area contributed by atoms with Gasteiger partial charge in [0.2, 0.25) is 0 Å². The minimum absolute atomic E-state index is 0.169. The Hall–Kier alpha value is -1.13. The molecule has 1 fully saturated rings. The topological polar surface area (TPSA) is 18.5 Å². The molecule has 0 bridgehead atoms. The second-order valence-corrected chi connectivity index (χ2v) is 5.09. The number of hydrogen-bond acceptors (Lipinski definition) is 3. The van der Waals surface area contributed by atoms with E-state index in [9.17, 15) is 4.39 Å². The van der Waals surface area contributed by atoms with Crippen LogP contribution in [0.4, 0.5) is 10.1 Å². The van der Waals surface area contributed by atoms with Crippen LogP contribution in [0.3, 0.4) is 0 Å². The fourth-order valence-corrected chi connectivity index (χ4v) is 2.27. The van der Waals surface area contributed by atoms with Crippen LogP contribution in [0.15, 0.2) is 18.2 Å². The highest BCUT2D eigenvalue weighted by Crippen LogP contribution is 2.12. The van der Waals surface area contributed by atoms with E-state index in [0.717, 1.165) is 50.5 Å². The molecule has 1 heterocycles. The molecule has 3 nitrogen and oxygen atoms in total. The van der Waals surface area contributed by atoms with Crippen molar-refractivity contribution in [3.05, 3.63) is 29.6 Å². The van der Waals surface area contributed by atoms with E-state index in [1.54, 1.807) is 12.1 Å². The minimum atomic E-state index is -0.169. The normalized spacial score (nSPS) is 17.9. The third kappa shape index (κ3) is 3.96. The van der Waals surface area contributed by atoms with E-state index in [0.29, 0.717) is 0 Å². The standard InChI is InChI=1S/C14H22FN3/c1-12-9-13(15)11-14(10-12)16-3-4-18-7-5-17(2)6-8-18/h9-11,16H,3-8H2,1-2H3. The minimum Gasteiger partial charge on any atom is -0.384 e. The number of piperazine rings is 1. The highest BCUT2D eigenvalue weighted by Gasteiger charge is 2.12. The van der Waals surface area contributed by atoms with Crippen LogP contribution in [0.5, 0.6) is 0 Å². The molecule has 2 rings (SSSR count). The maximum Gasteiger partial charge on any atom is 0.125 e. The largest absolute Gasteiger partial charge is 0.384 e. The van der Waals surface area contributed by atoms with Crippen LogP contribution in [0.1, 0.15) is 5.56 Å². The molecule has 1 N–H and O–H groups in total. The number of rotatable bonds is 4. The van der Waals surface area contributed by atoms with Crippen molar-refractivity contribution < 1.29 is 4.39 Å². The van der Waals surface area contributed by atoms with E-state index in [2.05, 4.69) is 22.2 Å². The number of aryl methyl sites for hydroxylation is 1. The molecule has 0 aromatic heterocycles. The van der Waals surface area contributed by atoms with Gasteiger partial charge in [0.05, 0.1) is 0 Å². The lowest BCUT2D eigenvalue weighted by Crippen LogP contribution is -2.45. The van der Waals surface area contributed by atoms with E-state index in [-0.39, 0.29) is 5.82 Å². The smallest absolute Gasteiger partial charge is 0.125 e. The fraction of sp³-hybridized carbons (Fsp3) is 0.571. The summed E-state index contributed by atoms with van der Waals surface area (Å²) in [6, 6.07) is 5.08. The molecule has 1 aromatic rings. The molecule has 0 radical (unpaired) electrons. The van der Waals surface area contributed by atoms with Gasteiger partial charge < -0.3 is 10.2 Å². The molecule has 0 unspecified atom stereocenters. The third-order valence-corrected chi connectivity index (χ3v) is 3.40. The van der Waals surface area contributed by atoms with Crippen molar-refractivity contribution in [3.8, 4) is 0 Å². The maximum absolute atomic E-state index is 13.2. The Morgan fingerprint density at radius 1 is 1.17 bits per heavy atom. The van der Waals surface area contributed by atoms with Gasteiger partial charge in [-0.15, -0.1) is 0 Å². The highest BCUT2D eigenvalue weighted by molar-refractivity contribution is 5.45. The summed E-state index contributed by atoms with van der Waals surface area (Å²) in [5.41, 5.74) is 1.83. The molecule has 1 saturated heterocycles. The van der Waals surface area contributed by atoms with Gasteiger partial charge in [-0.05, 0) is 37.7 Å². The Morgan fingerprint density at radius 3 is 2.56 bits per heavy atom. The van der Waals surface area contributed by atoms with E-state index in [1.165, 1.54) is 0 Å². The molecule has 18 heavy (non-hydrogen) atoms. The van der Waals surface area contributed by atoms with Crippen LogP contribution in [0.25, 0.3) is 0 Å². The molecular formula is C14H22FN3. The molecule has 0 atom stereocenters. The zero-order valence-corrected chi connectivity index (χ0v) is 11.2. The van der Waals surface area contributed by atoms with Crippen LogP contribution in [0.2, 0.25) is 0 Å². The van der Waals surface area contributed by atoms with Gasteiger partial charge >= 0.3 is 0 Å².